The van der Waals surface area contributed by atoms with Crippen LogP contribution in [0.1, 0.15) is 23.3 Å². The van der Waals surface area contributed by atoms with Crippen molar-refractivity contribution in [3.63, 3.8) is 0 Å². The van der Waals surface area contributed by atoms with Crippen molar-refractivity contribution < 1.29 is 4.74 Å². The maximum atomic E-state index is 9.04. The van der Waals surface area contributed by atoms with Crippen LogP contribution in [0.3, 0.4) is 0 Å². The lowest BCUT2D eigenvalue weighted by molar-refractivity contribution is 0.0822. The second kappa shape index (κ2) is 9.31. The standard InChI is InChI=1S/C13H8ClN3S2.C5H11NO/c14-11-4-10(16-6-9-2-1-3-18-9)13-12(17-11)8(5-15)7-19-13;6-5-2-1-3-7-4-5/h1-4,7H,6H2,(H,16,17);5H,1-4,6H2/t;5-/m.1/s1. The van der Waals surface area contributed by atoms with Crippen molar-refractivity contribution in [1.82, 2.24) is 4.98 Å². The summed E-state index contributed by atoms with van der Waals surface area (Å²) in [7, 11) is 0. The molecule has 4 heterocycles. The molecule has 0 aromatic carbocycles. The lowest BCUT2D eigenvalue weighted by Crippen LogP contribution is -2.30. The minimum absolute atomic E-state index is 0.314. The predicted octanol–water partition coefficient (Wildman–Crippen LogP) is 4.62. The number of hydrogen-bond donors (Lipinski definition) is 2. The molecule has 3 aromatic rings. The first-order valence-electron chi connectivity index (χ1n) is 8.25. The van der Waals surface area contributed by atoms with Crippen LogP contribution < -0.4 is 11.1 Å². The molecule has 1 saturated heterocycles. The maximum absolute atomic E-state index is 9.04. The fourth-order valence-corrected chi connectivity index (χ4v) is 4.31. The molecule has 1 atom stereocenters. The maximum Gasteiger partial charge on any atom is 0.131 e. The van der Waals surface area contributed by atoms with Crippen LogP contribution in [0, 0.1) is 11.3 Å². The number of anilines is 1. The normalized spacial score (nSPS) is 16.6. The van der Waals surface area contributed by atoms with E-state index in [9.17, 15) is 0 Å². The second-order valence-electron chi connectivity index (χ2n) is 5.84. The molecule has 3 aromatic heterocycles. The third-order valence-electron chi connectivity index (χ3n) is 3.84. The molecule has 3 N–H and O–H groups in total. The van der Waals surface area contributed by atoms with Gasteiger partial charge in [-0.2, -0.15) is 5.26 Å². The fraction of sp³-hybridized carbons (Fsp3) is 0.333. The van der Waals surface area contributed by atoms with Crippen LogP contribution in [0.25, 0.3) is 10.2 Å². The number of nitrogens with one attached hydrogen (secondary N) is 1. The van der Waals surface area contributed by atoms with E-state index in [1.165, 1.54) is 16.2 Å². The van der Waals surface area contributed by atoms with Gasteiger partial charge in [-0.1, -0.05) is 17.7 Å². The number of nitrogens with two attached hydrogens (primary N) is 1. The van der Waals surface area contributed by atoms with Crippen LogP contribution in [0.15, 0.2) is 29.0 Å². The number of nitrogens with zero attached hydrogens (tertiary/aromatic N) is 2. The number of hydrogen-bond acceptors (Lipinski definition) is 7. The summed E-state index contributed by atoms with van der Waals surface area (Å²) in [6.45, 7) is 2.42. The predicted molar refractivity (Wildman–Crippen MR) is 109 cm³/mol. The Morgan fingerprint density at radius 1 is 1.46 bits per heavy atom. The molecule has 0 bridgehead atoms. The lowest BCUT2D eigenvalue weighted by atomic mass is 10.1. The molecule has 0 aliphatic carbocycles. The number of nitriles is 1. The Morgan fingerprint density at radius 3 is 2.96 bits per heavy atom. The highest BCUT2D eigenvalue weighted by Gasteiger charge is 2.11. The molecule has 5 nitrogen and oxygen atoms in total. The Balaban J connectivity index is 0.000000236. The van der Waals surface area contributed by atoms with Gasteiger partial charge >= 0.3 is 0 Å². The number of rotatable bonds is 3. The summed E-state index contributed by atoms with van der Waals surface area (Å²) < 4.78 is 6.03. The van der Waals surface area contributed by atoms with Crippen molar-refractivity contribution in [3.05, 3.63) is 44.6 Å². The number of halogens is 1. The van der Waals surface area contributed by atoms with Gasteiger partial charge in [0.1, 0.15) is 16.7 Å². The largest absolute Gasteiger partial charge is 0.380 e. The first kappa shape index (κ1) is 19.1. The zero-order valence-corrected chi connectivity index (χ0v) is 16.5. The Hall–Kier alpha value is -1.69. The van der Waals surface area contributed by atoms with E-state index in [4.69, 9.17) is 27.3 Å². The summed E-state index contributed by atoms with van der Waals surface area (Å²) in [6, 6.07) is 8.35. The molecule has 0 saturated carbocycles. The zero-order valence-electron chi connectivity index (χ0n) is 14.1. The minimum Gasteiger partial charge on any atom is -0.380 e. The van der Waals surface area contributed by atoms with Crippen molar-refractivity contribution >= 4 is 50.2 Å². The Kier molecular flexibility index (Phi) is 6.83. The van der Waals surface area contributed by atoms with Gasteiger partial charge in [0.25, 0.3) is 0 Å². The van der Waals surface area contributed by atoms with Crippen molar-refractivity contribution in [3.8, 4) is 6.07 Å². The topological polar surface area (TPSA) is 84.0 Å². The van der Waals surface area contributed by atoms with E-state index < -0.39 is 0 Å². The molecular formula is C18H19ClN4OS2. The highest BCUT2D eigenvalue weighted by molar-refractivity contribution is 7.18. The fourth-order valence-electron chi connectivity index (χ4n) is 2.55. The first-order chi connectivity index (χ1) is 12.7. The smallest absolute Gasteiger partial charge is 0.131 e. The SMILES string of the molecule is N#Cc1csc2c(NCc3cccs3)cc(Cl)nc12.N[C@@H]1CCCOC1. The van der Waals surface area contributed by atoms with E-state index in [-0.39, 0.29) is 0 Å². The third-order valence-corrected chi connectivity index (χ3v) is 5.91. The van der Waals surface area contributed by atoms with Crippen LogP contribution in [-0.2, 0) is 11.3 Å². The Bertz CT molecular complexity index is 883. The molecule has 1 fully saturated rings. The van der Waals surface area contributed by atoms with Crippen LogP contribution in [0.2, 0.25) is 5.15 Å². The van der Waals surface area contributed by atoms with Crippen molar-refractivity contribution in [2.45, 2.75) is 25.4 Å². The lowest BCUT2D eigenvalue weighted by Gasteiger charge is -2.16. The summed E-state index contributed by atoms with van der Waals surface area (Å²) in [5.74, 6) is 0. The number of fused-ring (bicyclic) bond motifs is 1. The van der Waals surface area contributed by atoms with Crippen LogP contribution in [-0.4, -0.2) is 24.2 Å². The quantitative estimate of drug-likeness (QED) is 0.620. The molecule has 0 unspecified atom stereocenters. The van der Waals surface area contributed by atoms with Gasteiger partial charge < -0.3 is 15.8 Å². The molecule has 4 rings (SSSR count). The summed E-state index contributed by atoms with van der Waals surface area (Å²) >= 11 is 9.23. The number of ether oxygens (including phenoxy) is 1. The van der Waals surface area contributed by atoms with E-state index in [1.54, 1.807) is 17.4 Å². The summed E-state index contributed by atoms with van der Waals surface area (Å²) in [6.07, 6.45) is 2.28. The van der Waals surface area contributed by atoms with Gasteiger partial charge in [-0.15, -0.1) is 22.7 Å². The summed E-state index contributed by atoms with van der Waals surface area (Å²) in [5.41, 5.74) is 7.68. The van der Waals surface area contributed by atoms with Gasteiger partial charge in [0.05, 0.1) is 22.6 Å². The Labute approximate surface area is 165 Å². The van der Waals surface area contributed by atoms with Gasteiger partial charge in [-0.3, -0.25) is 0 Å². The van der Waals surface area contributed by atoms with Gasteiger partial charge in [-0.05, 0) is 24.3 Å². The van der Waals surface area contributed by atoms with Crippen LogP contribution >= 0.6 is 34.3 Å². The van der Waals surface area contributed by atoms with Crippen molar-refractivity contribution in [2.24, 2.45) is 5.73 Å². The van der Waals surface area contributed by atoms with Crippen LogP contribution in [0.5, 0.6) is 0 Å². The van der Waals surface area contributed by atoms with E-state index in [2.05, 4.69) is 22.4 Å². The van der Waals surface area contributed by atoms with E-state index in [0.29, 0.717) is 22.3 Å². The highest BCUT2D eigenvalue weighted by atomic mass is 35.5. The molecule has 0 amide bonds. The second-order valence-corrected chi connectivity index (χ2v) is 8.14. The average molecular weight is 407 g/mol. The molecule has 1 aliphatic heterocycles. The molecule has 136 valence electrons. The monoisotopic (exact) mass is 406 g/mol. The highest BCUT2D eigenvalue weighted by Crippen LogP contribution is 2.33. The van der Waals surface area contributed by atoms with E-state index >= 15 is 0 Å². The molecule has 0 radical (unpaired) electrons. The molecule has 8 heteroatoms. The zero-order chi connectivity index (χ0) is 18.4. The average Bonchev–Trinajstić information content (AvgIpc) is 3.30. The molecule has 1 aliphatic rings. The first-order valence-corrected chi connectivity index (χ1v) is 10.4. The molecular weight excluding hydrogens is 388 g/mol. The molecule has 0 spiro atoms. The number of aromatic nitrogens is 1. The van der Waals surface area contributed by atoms with Gasteiger partial charge in [0.15, 0.2) is 0 Å². The third kappa shape index (κ3) is 4.93. The van der Waals surface area contributed by atoms with Crippen molar-refractivity contribution in [1.29, 1.82) is 5.26 Å². The molecule has 26 heavy (non-hydrogen) atoms. The van der Waals surface area contributed by atoms with Crippen LogP contribution in [0.4, 0.5) is 5.69 Å². The van der Waals surface area contributed by atoms with E-state index in [1.807, 2.05) is 16.8 Å². The van der Waals surface area contributed by atoms with Gasteiger partial charge in [-0.25, -0.2) is 4.98 Å². The van der Waals surface area contributed by atoms with E-state index in [0.717, 1.165) is 43.0 Å². The minimum atomic E-state index is 0.314. The van der Waals surface area contributed by atoms with Gasteiger partial charge in [0, 0.05) is 35.5 Å². The van der Waals surface area contributed by atoms with Gasteiger partial charge in [0.2, 0.25) is 0 Å². The summed E-state index contributed by atoms with van der Waals surface area (Å²) in [5, 5.41) is 16.7. The Morgan fingerprint density at radius 2 is 2.35 bits per heavy atom. The summed E-state index contributed by atoms with van der Waals surface area (Å²) in [4.78, 5) is 5.48. The number of pyridine rings is 1. The van der Waals surface area contributed by atoms with Crippen molar-refractivity contribution in [2.75, 3.05) is 18.5 Å². The number of thiophene rings is 2.